The number of fused-ring (bicyclic) bond motifs is 2. The van der Waals surface area contributed by atoms with Gasteiger partial charge in [-0.05, 0) is 26.7 Å². The number of aromatic nitrogens is 6. The standard InChI is InChI=1S/C38H44N10O6S2/c1-7-13-47(29(49)17-41-37(51)53-5)21(3)35-39-15-27(45-35)25-11-9-23(31-33(25)55-19-43-31)24-10-12-26(34-32(24)44-20-56-34)28-16-40-36(46-28)22(4)48(14-8-2)30(50)18-42-38(52)54-6/h9-12,15-16,19-22H,7-8,13-14,17-18H2,1-6H3,(H,39,45)(H,40,46)(H,41,51)(H,42,52). The first-order valence-electron chi connectivity index (χ1n) is 18.2. The summed E-state index contributed by atoms with van der Waals surface area (Å²) in [7, 11) is 2.51. The van der Waals surface area contributed by atoms with Crippen molar-refractivity contribution >= 4 is 67.1 Å². The number of nitrogens with one attached hydrogen (secondary N) is 4. The van der Waals surface area contributed by atoms with E-state index in [-0.39, 0.29) is 37.0 Å². The Hall–Kier alpha value is -5.88. The summed E-state index contributed by atoms with van der Waals surface area (Å²) in [5, 5.41) is 4.93. The number of hydrogen-bond donors (Lipinski definition) is 4. The Bertz CT molecular complexity index is 2190. The highest BCUT2D eigenvalue weighted by atomic mass is 32.1. The van der Waals surface area contributed by atoms with Crippen LogP contribution in [0.15, 0.2) is 47.7 Å². The zero-order valence-corrected chi connectivity index (χ0v) is 33.6. The second-order valence-corrected chi connectivity index (χ2v) is 14.7. The van der Waals surface area contributed by atoms with E-state index in [1.54, 1.807) is 22.2 Å². The van der Waals surface area contributed by atoms with Crippen molar-refractivity contribution < 1.29 is 28.7 Å². The number of methoxy groups -OCH3 is 2. The lowest BCUT2D eigenvalue weighted by Gasteiger charge is -2.27. The molecule has 0 aliphatic heterocycles. The molecule has 56 heavy (non-hydrogen) atoms. The van der Waals surface area contributed by atoms with Crippen molar-refractivity contribution in [1.29, 1.82) is 0 Å². The number of ether oxygens (including phenoxy) is 2. The van der Waals surface area contributed by atoms with E-state index in [9.17, 15) is 19.2 Å². The van der Waals surface area contributed by atoms with Crippen LogP contribution in [0.1, 0.15) is 64.3 Å². The van der Waals surface area contributed by atoms with Gasteiger partial charge in [0.15, 0.2) is 0 Å². The van der Waals surface area contributed by atoms with E-state index in [4.69, 9.17) is 9.97 Å². The number of hydrogen-bond acceptors (Lipinski definition) is 12. The van der Waals surface area contributed by atoms with E-state index in [0.29, 0.717) is 24.7 Å². The quantitative estimate of drug-likeness (QED) is 0.0870. The highest BCUT2D eigenvalue weighted by Crippen LogP contribution is 2.42. The molecule has 294 valence electrons. The molecule has 4 N–H and O–H groups in total. The second kappa shape index (κ2) is 17.7. The normalized spacial score (nSPS) is 12.3. The molecule has 4 heterocycles. The number of nitrogens with zero attached hydrogens (tertiary/aromatic N) is 6. The smallest absolute Gasteiger partial charge is 0.407 e. The van der Waals surface area contributed by atoms with Crippen molar-refractivity contribution in [2.24, 2.45) is 0 Å². The predicted molar refractivity (Wildman–Crippen MR) is 215 cm³/mol. The summed E-state index contributed by atoms with van der Waals surface area (Å²) in [5.74, 6) is 0.766. The fourth-order valence-corrected chi connectivity index (χ4v) is 8.31. The fraction of sp³-hybridized carbons (Fsp3) is 0.368. The highest BCUT2D eigenvalue weighted by Gasteiger charge is 2.26. The summed E-state index contributed by atoms with van der Waals surface area (Å²) in [6.45, 7) is 8.42. The number of H-pyrrole nitrogens is 2. The van der Waals surface area contributed by atoms with E-state index < -0.39 is 12.2 Å². The van der Waals surface area contributed by atoms with Gasteiger partial charge < -0.3 is 39.9 Å². The van der Waals surface area contributed by atoms with Crippen molar-refractivity contribution in [2.45, 2.75) is 52.6 Å². The molecule has 0 aliphatic carbocycles. The summed E-state index contributed by atoms with van der Waals surface area (Å²) >= 11 is 3.06. The molecule has 0 spiro atoms. The zero-order valence-electron chi connectivity index (χ0n) is 32.0. The second-order valence-electron chi connectivity index (χ2n) is 13.0. The molecule has 6 aromatic rings. The SMILES string of the molecule is CCCN(C(=O)CNC(=O)OC)C(C)c1ncc(-c2ccc(-c3ccc(-c4cnc(C(C)N(CCC)C(=O)CNC(=O)OC)[nH]4)c4scnc34)c3ncsc23)[nH]1. The third-order valence-electron chi connectivity index (χ3n) is 9.46. The number of rotatable bonds is 15. The maximum absolute atomic E-state index is 13.0. The van der Waals surface area contributed by atoms with Crippen LogP contribution in [-0.2, 0) is 19.1 Å². The lowest BCUT2D eigenvalue weighted by atomic mass is 9.98. The molecule has 4 amide bonds. The maximum Gasteiger partial charge on any atom is 0.407 e. The van der Waals surface area contributed by atoms with Crippen molar-refractivity contribution in [3.63, 3.8) is 0 Å². The first kappa shape index (κ1) is 39.8. The first-order valence-corrected chi connectivity index (χ1v) is 19.9. The third kappa shape index (κ3) is 8.20. The number of amides is 4. The molecular weight excluding hydrogens is 757 g/mol. The minimum Gasteiger partial charge on any atom is -0.453 e. The summed E-state index contributed by atoms with van der Waals surface area (Å²) in [5.41, 5.74) is 10.6. The Balaban J connectivity index is 1.26. The van der Waals surface area contributed by atoms with E-state index in [2.05, 4.69) is 40.0 Å². The van der Waals surface area contributed by atoms with Gasteiger partial charge in [0.1, 0.15) is 24.7 Å². The highest BCUT2D eigenvalue weighted by molar-refractivity contribution is 7.17. The van der Waals surface area contributed by atoms with Gasteiger partial charge >= 0.3 is 12.2 Å². The number of imidazole rings is 2. The van der Waals surface area contributed by atoms with Gasteiger partial charge in [0.05, 0.1) is 81.5 Å². The topological polar surface area (TPSA) is 200 Å². The molecule has 16 nitrogen and oxygen atoms in total. The molecule has 2 aromatic carbocycles. The number of thiazole rings is 2. The lowest BCUT2D eigenvalue weighted by molar-refractivity contribution is -0.133. The molecular formula is C38H44N10O6S2. The van der Waals surface area contributed by atoms with Gasteiger partial charge in [-0.1, -0.05) is 38.1 Å². The predicted octanol–water partition coefficient (Wildman–Crippen LogP) is 6.66. The third-order valence-corrected chi connectivity index (χ3v) is 11.2. The van der Waals surface area contributed by atoms with E-state index in [0.717, 1.165) is 66.9 Å². The van der Waals surface area contributed by atoms with Crippen LogP contribution in [0.3, 0.4) is 0 Å². The van der Waals surface area contributed by atoms with Gasteiger partial charge in [0, 0.05) is 35.3 Å². The molecule has 18 heteroatoms. The van der Waals surface area contributed by atoms with Gasteiger partial charge in [0.25, 0.3) is 0 Å². The number of benzene rings is 2. The summed E-state index contributed by atoms with van der Waals surface area (Å²) in [4.78, 5) is 78.4. The van der Waals surface area contributed by atoms with Crippen LogP contribution in [0.5, 0.6) is 0 Å². The van der Waals surface area contributed by atoms with E-state index >= 15 is 0 Å². The van der Waals surface area contributed by atoms with Gasteiger partial charge in [-0.25, -0.2) is 29.5 Å². The van der Waals surface area contributed by atoms with Crippen LogP contribution in [0.2, 0.25) is 0 Å². The summed E-state index contributed by atoms with van der Waals surface area (Å²) in [6, 6.07) is 7.45. The van der Waals surface area contributed by atoms with Crippen molar-refractivity contribution in [1.82, 2.24) is 50.3 Å². The average molecular weight is 801 g/mol. The van der Waals surface area contributed by atoms with Crippen LogP contribution in [0.25, 0.3) is 54.1 Å². The van der Waals surface area contributed by atoms with Crippen molar-refractivity contribution in [3.8, 4) is 33.6 Å². The number of alkyl carbamates (subject to hydrolysis) is 2. The summed E-state index contributed by atoms with van der Waals surface area (Å²) in [6.07, 6.45) is 3.68. The minimum absolute atomic E-state index is 0.179. The molecule has 0 saturated carbocycles. The molecule has 2 atom stereocenters. The molecule has 0 aliphatic rings. The van der Waals surface area contributed by atoms with Gasteiger partial charge in [0.2, 0.25) is 11.8 Å². The number of carbonyl (C=O) groups is 4. The van der Waals surface area contributed by atoms with Crippen LogP contribution in [0.4, 0.5) is 9.59 Å². The van der Waals surface area contributed by atoms with Gasteiger partial charge in [-0.2, -0.15) is 0 Å². The molecule has 0 bridgehead atoms. The Labute approximate surface area is 331 Å². The van der Waals surface area contributed by atoms with Crippen molar-refractivity contribution in [2.75, 3.05) is 40.4 Å². The first-order chi connectivity index (χ1) is 27.1. The Kier molecular flexibility index (Phi) is 12.6. The molecule has 0 saturated heterocycles. The fourth-order valence-electron chi connectivity index (χ4n) is 6.62. The Morgan fingerprint density at radius 2 is 1.05 bits per heavy atom. The van der Waals surface area contributed by atoms with E-state index in [1.807, 2.05) is 63.0 Å². The molecule has 0 fully saturated rings. The monoisotopic (exact) mass is 800 g/mol. The minimum atomic E-state index is -0.665. The lowest BCUT2D eigenvalue weighted by Crippen LogP contribution is -2.42. The zero-order chi connectivity index (χ0) is 39.9. The average Bonchev–Trinajstić information content (AvgIpc) is 4.06. The summed E-state index contributed by atoms with van der Waals surface area (Å²) < 4.78 is 11.2. The van der Waals surface area contributed by atoms with Crippen LogP contribution in [0, 0.1) is 0 Å². The van der Waals surface area contributed by atoms with E-state index in [1.165, 1.54) is 36.9 Å². The Morgan fingerprint density at radius 3 is 1.43 bits per heavy atom. The number of carbonyl (C=O) groups excluding carboxylic acids is 4. The largest absolute Gasteiger partial charge is 0.453 e. The van der Waals surface area contributed by atoms with Crippen LogP contribution >= 0.6 is 22.7 Å². The molecule has 2 unspecified atom stereocenters. The molecule has 0 radical (unpaired) electrons. The number of aromatic amines is 2. The molecule has 4 aromatic heterocycles. The maximum atomic E-state index is 13.0. The van der Waals surface area contributed by atoms with Crippen LogP contribution < -0.4 is 10.6 Å². The van der Waals surface area contributed by atoms with Gasteiger partial charge in [-0.3, -0.25) is 9.59 Å². The van der Waals surface area contributed by atoms with Gasteiger partial charge in [-0.15, -0.1) is 22.7 Å². The van der Waals surface area contributed by atoms with Crippen LogP contribution in [-0.4, -0.2) is 104 Å². The van der Waals surface area contributed by atoms with Crippen molar-refractivity contribution in [3.05, 3.63) is 59.3 Å². The Morgan fingerprint density at radius 1 is 0.661 bits per heavy atom. The molecule has 6 rings (SSSR count).